The van der Waals surface area contributed by atoms with Gasteiger partial charge in [-0.05, 0) is 37.6 Å². The van der Waals surface area contributed by atoms with Gasteiger partial charge in [0.25, 0.3) is 0 Å². The molecule has 0 aliphatic heterocycles. The van der Waals surface area contributed by atoms with Crippen LogP contribution in [0.2, 0.25) is 0 Å². The summed E-state index contributed by atoms with van der Waals surface area (Å²) in [5, 5.41) is 2.94. The fraction of sp³-hybridized carbons (Fsp3) is 0.500. The molecule has 1 saturated carbocycles. The van der Waals surface area contributed by atoms with E-state index in [1.165, 1.54) is 12.8 Å². The van der Waals surface area contributed by atoms with Crippen LogP contribution in [0.5, 0.6) is 0 Å². The van der Waals surface area contributed by atoms with Gasteiger partial charge < -0.3 is 16.0 Å². The van der Waals surface area contributed by atoms with Gasteiger partial charge in [-0.15, -0.1) is 12.4 Å². The first-order valence-corrected chi connectivity index (χ1v) is 6.46. The van der Waals surface area contributed by atoms with Gasteiger partial charge in [0.05, 0.1) is 6.42 Å². The van der Waals surface area contributed by atoms with Crippen molar-refractivity contribution in [2.75, 3.05) is 25.9 Å². The molecule has 1 amide bonds. The molecule has 0 unspecified atom stereocenters. The van der Waals surface area contributed by atoms with Crippen molar-refractivity contribution in [3.63, 3.8) is 0 Å². The zero-order valence-corrected chi connectivity index (χ0v) is 12.1. The topological polar surface area (TPSA) is 58.4 Å². The van der Waals surface area contributed by atoms with E-state index < -0.39 is 0 Å². The van der Waals surface area contributed by atoms with Crippen molar-refractivity contribution < 1.29 is 4.79 Å². The summed E-state index contributed by atoms with van der Waals surface area (Å²) in [7, 11) is 2.11. The van der Waals surface area contributed by atoms with Crippen LogP contribution < -0.4 is 11.1 Å². The number of anilines is 1. The number of amides is 1. The molecular formula is C14H22ClN3O. The van der Waals surface area contributed by atoms with Gasteiger partial charge >= 0.3 is 0 Å². The SMILES string of the molecule is CN(CCNC(=O)Cc1cccc(N)c1)C1CC1.Cl. The number of rotatable bonds is 6. The number of benzene rings is 1. The number of carbonyl (C=O) groups is 1. The number of likely N-dealkylation sites (N-methyl/N-ethyl adjacent to an activating group) is 1. The Kier molecular flexibility index (Phi) is 6.12. The van der Waals surface area contributed by atoms with E-state index in [-0.39, 0.29) is 18.3 Å². The highest BCUT2D eigenvalue weighted by Gasteiger charge is 2.25. The summed E-state index contributed by atoms with van der Waals surface area (Å²) in [6, 6.07) is 8.21. The van der Waals surface area contributed by atoms with Gasteiger partial charge in [0.2, 0.25) is 5.91 Å². The number of nitrogens with zero attached hydrogens (tertiary/aromatic N) is 1. The molecule has 19 heavy (non-hydrogen) atoms. The first-order valence-electron chi connectivity index (χ1n) is 6.46. The van der Waals surface area contributed by atoms with Gasteiger partial charge in [0.1, 0.15) is 0 Å². The summed E-state index contributed by atoms with van der Waals surface area (Å²) < 4.78 is 0. The van der Waals surface area contributed by atoms with Crippen LogP contribution in [-0.4, -0.2) is 37.0 Å². The Balaban J connectivity index is 0.00000180. The van der Waals surface area contributed by atoms with Crippen LogP contribution in [0.15, 0.2) is 24.3 Å². The quantitative estimate of drug-likeness (QED) is 0.777. The van der Waals surface area contributed by atoms with Crippen LogP contribution in [0, 0.1) is 0 Å². The molecule has 0 spiro atoms. The van der Waals surface area contributed by atoms with E-state index in [0.29, 0.717) is 18.7 Å². The first kappa shape index (κ1) is 15.8. The van der Waals surface area contributed by atoms with Crippen molar-refractivity contribution in [2.45, 2.75) is 25.3 Å². The first-order chi connectivity index (χ1) is 8.65. The largest absolute Gasteiger partial charge is 0.399 e. The smallest absolute Gasteiger partial charge is 0.224 e. The highest BCUT2D eigenvalue weighted by molar-refractivity contribution is 5.85. The van der Waals surface area contributed by atoms with Crippen molar-refractivity contribution in [3.05, 3.63) is 29.8 Å². The van der Waals surface area contributed by atoms with Crippen LogP contribution in [0.1, 0.15) is 18.4 Å². The van der Waals surface area contributed by atoms with Crippen molar-refractivity contribution in [2.24, 2.45) is 0 Å². The standard InChI is InChI=1S/C14H21N3O.ClH/c1-17(13-5-6-13)8-7-16-14(18)10-11-3-2-4-12(15)9-11;/h2-4,9,13H,5-8,10,15H2,1H3,(H,16,18);1H. The number of hydrogen-bond donors (Lipinski definition) is 2. The number of carbonyl (C=O) groups excluding carboxylic acids is 1. The molecule has 1 fully saturated rings. The van der Waals surface area contributed by atoms with Gasteiger partial charge in [-0.2, -0.15) is 0 Å². The Labute approximate surface area is 120 Å². The molecule has 0 aromatic heterocycles. The Morgan fingerprint density at radius 3 is 2.84 bits per heavy atom. The molecule has 1 aliphatic carbocycles. The molecule has 4 nitrogen and oxygen atoms in total. The molecule has 0 bridgehead atoms. The van der Waals surface area contributed by atoms with Crippen molar-refractivity contribution >= 4 is 24.0 Å². The van der Waals surface area contributed by atoms with E-state index in [4.69, 9.17) is 5.73 Å². The maximum absolute atomic E-state index is 11.7. The van der Waals surface area contributed by atoms with Gasteiger partial charge in [0.15, 0.2) is 0 Å². The molecule has 0 atom stereocenters. The van der Waals surface area contributed by atoms with E-state index in [0.717, 1.165) is 18.2 Å². The van der Waals surface area contributed by atoms with Crippen LogP contribution in [0.25, 0.3) is 0 Å². The minimum atomic E-state index is 0. The van der Waals surface area contributed by atoms with Crippen LogP contribution in [-0.2, 0) is 11.2 Å². The van der Waals surface area contributed by atoms with Crippen molar-refractivity contribution in [3.8, 4) is 0 Å². The predicted octanol–water partition coefficient (Wildman–Crippen LogP) is 1.44. The Morgan fingerprint density at radius 2 is 2.21 bits per heavy atom. The van der Waals surface area contributed by atoms with E-state index in [9.17, 15) is 4.79 Å². The summed E-state index contributed by atoms with van der Waals surface area (Å²) in [5.74, 6) is 0.0600. The van der Waals surface area contributed by atoms with E-state index >= 15 is 0 Å². The predicted molar refractivity (Wildman–Crippen MR) is 80.5 cm³/mol. The van der Waals surface area contributed by atoms with Crippen molar-refractivity contribution in [1.82, 2.24) is 10.2 Å². The number of nitrogens with one attached hydrogen (secondary N) is 1. The summed E-state index contributed by atoms with van der Waals surface area (Å²) >= 11 is 0. The summed E-state index contributed by atoms with van der Waals surface area (Å²) in [5.41, 5.74) is 7.34. The molecule has 1 aromatic carbocycles. The van der Waals surface area contributed by atoms with Gasteiger partial charge in [-0.1, -0.05) is 12.1 Å². The molecule has 0 heterocycles. The monoisotopic (exact) mass is 283 g/mol. The number of nitrogen functional groups attached to an aromatic ring is 1. The van der Waals surface area contributed by atoms with Gasteiger partial charge in [0, 0.05) is 24.8 Å². The second-order valence-electron chi connectivity index (χ2n) is 4.98. The fourth-order valence-electron chi connectivity index (χ4n) is 2.02. The lowest BCUT2D eigenvalue weighted by molar-refractivity contribution is -0.120. The zero-order valence-electron chi connectivity index (χ0n) is 11.3. The molecular weight excluding hydrogens is 262 g/mol. The molecule has 0 saturated heterocycles. The van der Waals surface area contributed by atoms with E-state index in [1.54, 1.807) is 0 Å². The summed E-state index contributed by atoms with van der Waals surface area (Å²) in [6.45, 7) is 1.64. The molecule has 1 aliphatic rings. The Hall–Kier alpha value is -1.26. The third kappa shape index (κ3) is 5.49. The van der Waals surface area contributed by atoms with Crippen LogP contribution in [0.4, 0.5) is 5.69 Å². The van der Waals surface area contributed by atoms with Crippen LogP contribution in [0.3, 0.4) is 0 Å². The lowest BCUT2D eigenvalue weighted by Gasteiger charge is -2.15. The van der Waals surface area contributed by atoms with E-state index in [2.05, 4.69) is 17.3 Å². The third-order valence-corrected chi connectivity index (χ3v) is 3.27. The maximum Gasteiger partial charge on any atom is 0.224 e. The number of nitrogens with two attached hydrogens (primary N) is 1. The lowest BCUT2D eigenvalue weighted by atomic mass is 10.1. The molecule has 2 rings (SSSR count). The van der Waals surface area contributed by atoms with Crippen LogP contribution >= 0.6 is 12.4 Å². The van der Waals surface area contributed by atoms with Crippen molar-refractivity contribution in [1.29, 1.82) is 0 Å². The van der Waals surface area contributed by atoms with Gasteiger partial charge in [-0.3, -0.25) is 4.79 Å². The maximum atomic E-state index is 11.7. The number of halogens is 1. The zero-order chi connectivity index (χ0) is 13.0. The second kappa shape index (κ2) is 7.36. The minimum absolute atomic E-state index is 0. The average molecular weight is 284 g/mol. The molecule has 3 N–H and O–H groups in total. The number of hydrogen-bond acceptors (Lipinski definition) is 3. The fourth-order valence-corrected chi connectivity index (χ4v) is 2.02. The summed E-state index contributed by atoms with van der Waals surface area (Å²) in [6.07, 6.45) is 3.00. The molecule has 5 heteroatoms. The highest BCUT2D eigenvalue weighted by Crippen LogP contribution is 2.24. The highest BCUT2D eigenvalue weighted by atomic mass is 35.5. The van der Waals surface area contributed by atoms with Gasteiger partial charge in [-0.25, -0.2) is 0 Å². The summed E-state index contributed by atoms with van der Waals surface area (Å²) in [4.78, 5) is 14.0. The van der Waals surface area contributed by atoms with E-state index in [1.807, 2.05) is 24.3 Å². The third-order valence-electron chi connectivity index (χ3n) is 3.27. The molecule has 0 radical (unpaired) electrons. The Bertz CT molecular complexity index is 421. The minimum Gasteiger partial charge on any atom is -0.399 e. The molecule has 106 valence electrons. The lowest BCUT2D eigenvalue weighted by Crippen LogP contribution is -2.34. The average Bonchev–Trinajstić information content (AvgIpc) is 3.12. The molecule has 1 aromatic rings. The second-order valence-corrected chi connectivity index (χ2v) is 4.98. The normalized spacial score (nSPS) is 14.0. The Morgan fingerprint density at radius 1 is 1.47 bits per heavy atom.